The van der Waals surface area contributed by atoms with Gasteiger partial charge in [0.2, 0.25) is 0 Å². The minimum atomic E-state index is -0.568. The van der Waals surface area contributed by atoms with E-state index in [0.29, 0.717) is 13.0 Å². The summed E-state index contributed by atoms with van der Waals surface area (Å²) in [6, 6.07) is -0.355. The number of alkyl carbamates (subject to hydrolysis) is 2. The van der Waals surface area contributed by atoms with Crippen LogP contribution in [0, 0.1) is 0 Å². The van der Waals surface area contributed by atoms with Crippen molar-refractivity contribution in [3.63, 3.8) is 0 Å². The first-order valence-electron chi connectivity index (χ1n) is 8.00. The SMILES string of the molecule is CC(C)(C)OC(=O)NCCCCC(CO)NC(=O)OC(C)(C)C. The normalized spacial score (nSPS) is 13.2. The molecular formula is C16H32N2O5. The molecule has 0 heterocycles. The summed E-state index contributed by atoms with van der Waals surface area (Å²) in [5.74, 6) is 0. The Hall–Kier alpha value is -1.50. The molecule has 0 aliphatic rings. The van der Waals surface area contributed by atoms with Gasteiger partial charge in [-0.2, -0.15) is 0 Å². The van der Waals surface area contributed by atoms with Crippen molar-refractivity contribution in [3.05, 3.63) is 0 Å². The first-order valence-corrected chi connectivity index (χ1v) is 8.00. The fourth-order valence-electron chi connectivity index (χ4n) is 1.70. The zero-order valence-corrected chi connectivity index (χ0v) is 15.2. The highest BCUT2D eigenvalue weighted by atomic mass is 16.6. The van der Waals surface area contributed by atoms with Crippen molar-refractivity contribution in [2.24, 2.45) is 0 Å². The average Bonchev–Trinajstić information content (AvgIpc) is 2.32. The number of carbonyl (C=O) groups is 2. The number of carbonyl (C=O) groups excluding carboxylic acids is 2. The quantitative estimate of drug-likeness (QED) is 0.623. The van der Waals surface area contributed by atoms with Crippen LogP contribution in [0.2, 0.25) is 0 Å². The Morgan fingerprint density at radius 2 is 1.48 bits per heavy atom. The monoisotopic (exact) mass is 332 g/mol. The van der Waals surface area contributed by atoms with Gasteiger partial charge in [0, 0.05) is 6.54 Å². The van der Waals surface area contributed by atoms with Crippen LogP contribution in [0.5, 0.6) is 0 Å². The fraction of sp³-hybridized carbons (Fsp3) is 0.875. The third kappa shape index (κ3) is 13.9. The maximum Gasteiger partial charge on any atom is 0.407 e. The van der Waals surface area contributed by atoms with Gasteiger partial charge >= 0.3 is 12.2 Å². The van der Waals surface area contributed by atoms with Crippen molar-refractivity contribution < 1.29 is 24.2 Å². The van der Waals surface area contributed by atoms with Crippen LogP contribution in [0.25, 0.3) is 0 Å². The lowest BCUT2D eigenvalue weighted by atomic mass is 10.1. The Kier molecular flexibility index (Phi) is 8.97. The highest BCUT2D eigenvalue weighted by molar-refractivity contribution is 5.68. The molecule has 0 fully saturated rings. The smallest absolute Gasteiger partial charge is 0.407 e. The standard InChI is InChI=1S/C16H32N2O5/c1-15(2,3)22-13(20)17-10-8-7-9-12(11-19)18-14(21)23-16(4,5)6/h12,19H,7-11H2,1-6H3,(H,17,20)(H,18,21). The van der Waals surface area contributed by atoms with E-state index < -0.39 is 23.4 Å². The number of ether oxygens (including phenoxy) is 2. The summed E-state index contributed by atoms with van der Waals surface area (Å²) < 4.78 is 10.3. The maximum atomic E-state index is 11.6. The molecule has 0 saturated carbocycles. The van der Waals surface area contributed by atoms with E-state index in [-0.39, 0.29) is 12.6 Å². The molecule has 0 spiro atoms. The summed E-state index contributed by atoms with van der Waals surface area (Å²) in [7, 11) is 0. The number of aliphatic hydroxyl groups excluding tert-OH is 1. The van der Waals surface area contributed by atoms with E-state index in [4.69, 9.17) is 9.47 Å². The molecule has 0 aromatic heterocycles. The lowest BCUT2D eigenvalue weighted by molar-refractivity contribution is 0.0478. The third-order valence-electron chi connectivity index (χ3n) is 2.59. The molecule has 0 aromatic carbocycles. The minimum Gasteiger partial charge on any atom is -0.444 e. The highest BCUT2D eigenvalue weighted by Gasteiger charge is 2.19. The predicted molar refractivity (Wildman–Crippen MR) is 88.3 cm³/mol. The van der Waals surface area contributed by atoms with Gasteiger partial charge in [0.25, 0.3) is 0 Å². The van der Waals surface area contributed by atoms with Gasteiger partial charge in [0.05, 0.1) is 12.6 Å². The molecule has 0 bridgehead atoms. The number of unbranched alkanes of at least 4 members (excludes halogenated alkanes) is 1. The second kappa shape index (κ2) is 9.60. The van der Waals surface area contributed by atoms with Crippen LogP contribution in [-0.2, 0) is 9.47 Å². The second-order valence-electron chi connectivity index (χ2n) is 7.45. The minimum absolute atomic E-state index is 0.154. The first kappa shape index (κ1) is 21.5. The van der Waals surface area contributed by atoms with Crippen molar-refractivity contribution in [2.45, 2.75) is 78.0 Å². The predicted octanol–water partition coefficient (Wildman–Crippen LogP) is 2.57. The summed E-state index contributed by atoms with van der Waals surface area (Å²) in [6.07, 6.45) is 1.10. The van der Waals surface area contributed by atoms with Crippen molar-refractivity contribution in [1.29, 1.82) is 0 Å². The average molecular weight is 332 g/mol. The Morgan fingerprint density at radius 3 is 1.96 bits per heavy atom. The van der Waals surface area contributed by atoms with Crippen LogP contribution < -0.4 is 10.6 Å². The van der Waals surface area contributed by atoms with Crippen LogP contribution in [0.4, 0.5) is 9.59 Å². The lowest BCUT2D eigenvalue weighted by Gasteiger charge is -2.22. The molecule has 136 valence electrons. The molecule has 3 N–H and O–H groups in total. The molecule has 0 radical (unpaired) electrons. The summed E-state index contributed by atoms with van der Waals surface area (Å²) in [4.78, 5) is 23.1. The number of hydrogen-bond acceptors (Lipinski definition) is 5. The van der Waals surface area contributed by atoms with Gasteiger partial charge in [0.15, 0.2) is 0 Å². The molecule has 2 amide bonds. The summed E-state index contributed by atoms with van der Waals surface area (Å²) in [5.41, 5.74) is -1.08. The largest absolute Gasteiger partial charge is 0.444 e. The molecule has 1 atom stereocenters. The summed E-state index contributed by atoms with van der Waals surface area (Å²) in [5, 5.41) is 14.6. The van der Waals surface area contributed by atoms with E-state index in [0.717, 1.165) is 12.8 Å². The Balaban J connectivity index is 3.88. The van der Waals surface area contributed by atoms with Crippen LogP contribution in [0.1, 0.15) is 60.8 Å². The van der Waals surface area contributed by atoms with Crippen molar-refractivity contribution in [3.8, 4) is 0 Å². The Bertz CT molecular complexity index is 372. The second-order valence-corrected chi connectivity index (χ2v) is 7.45. The van der Waals surface area contributed by atoms with Gasteiger partial charge in [-0.15, -0.1) is 0 Å². The maximum absolute atomic E-state index is 11.6. The highest BCUT2D eigenvalue weighted by Crippen LogP contribution is 2.08. The van der Waals surface area contributed by atoms with Gasteiger partial charge < -0.3 is 25.2 Å². The molecule has 1 unspecified atom stereocenters. The molecule has 23 heavy (non-hydrogen) atoms. The molecule has 0 rings (SSSR count). The van der Waals surface area contributed by atoms with Gasteiger partial charge in [-0.1, -0.05) is 0 Å². The van der Waals surface area contributed by atoms with Gasteiger partial charge in [0.1, 0.15) is 11.2 Å². The number of nitrogens with one attached hydrogen (secondary N) is 2. The van der Waals surface area contributed by atoms with Crippen LogP contribution >= 0.6 is 0 Å². The fourth-order valence-corrected chi connectivity index (χ4v) is 1.70. The van der Waals surface area contributed by atoms with Gasteiger partial charge in [-0.05, 0) is 60.8 Å². The molecule has 0 aromatic rings. The summed E-state index contributed by atoms with van der Waals surface area (Å²) in [6.45, 7) is 11.1. The topological polar surface area (TPSA) is 96.9 Å². The summed E-state index contributed by atoms with van der Waals surface area (Å²) >= 11 is 0. The van der Waals surface area contributed by atoms with Gasteiger partial charge in [-0.25, -0.2) is 9.59 Å². The van der Waals surface area contributed by atoms with E-state index in [1.165, 1.54) is 0 Å². The van der Waals surface area contributed by atoms with E-state index in [9.17, 15) is 14.7 Å². The van der Waals surface area contributed by atoms with E-state index in [1.54, 1.807) is 41.5 Å². The first-order chi connectivity index (χ1) is 10.4. The Labute approximate surface area is 139 Å². The number of rotatable bonds is 7. The van der Waals surface area contributed by atoms with Crippen LogP contribution in [-0.4, -0.2) is 47.7 Å². The van der Waals surface area contributed by atoms with E-state index >= 15 is 0 Å². The molecule has 7 heteroatoms. The van der Waals surface area contributed by atoms with Crippen molar-refractivity contribution in [2.75, 3.05) is 13.2 Å². The zero-order valence-electron chi connectivity index (χ0n) is 15.2. The number of amides is 2. The Morgan fingerprint density at radius 1 is 0.957 bits per heavy atom. The molecule has 0 aliphatic carbocycles. The lowest BCUT2D eigenvalue weighted by Crippen LogP contribution is -2.41. The van der Waals surface area contributed by atoms with Crippen molar-refractivity contribution in [1.82, 2.24) is 10.6 Å². The molecule has 0 saturated heterocycles. The van der Waals surface area contributed by atoms with Crippen molar-refractivity contribution >= 4 is 12.2 Å². The zero-order chi connectivity index (χ0) is 18.1. The molecular weight excluding hydrogens is 300 g/mol. The third-order valence-corrected chi connectivity index (χ3v) is 2.59. The van der Waals surface area contributed by atoms with E-state index in [1.807, 2.05) is 0 Å². The number of hydrogen-bond donors (Lipinski definition) is 3. The van der Waals surface area contributed by atoms with Crippen LogP contribution in [0.3, 0.4) is 0 Å². The molecule has 0 aliphatic heterocycles. The number of aliphatic hydroxyl groups is 1. The van der Waals surface area contributed by atoms with Crippen LogP contribution in [0.15, 0.2) is 0 Å². The van der Waals surface area contributed by atoms with E-state index in [2.05, 4.69) is 10.6 Å². The molecule has 7 nitrogen and oxygen atoms in total. The van der Waals surface area contributed by atoms with Gasteiger partial charge in [-0.3, -0.25) is 0 Å².